The van der Waals surface area contributed by atoms with Crippen LogP contribution in [-0.2, 0) is 0 Å². The summed E-state index contributed by atoms with van der Waals surface area (Å²) in [5.74, 6) is 2.30. The van der Waals surface area contributed by atoms with Crippen molar-refractivity contribution in [2.24, 2.45) is 4.99 Å². The largest absolute Gasteiger partial charge is 0.359 e. The fourth-order valence-electron chi connectivity index (χ4n) is 6.33. The number of aromatic nitrogens is 14. The number of aromatic amines is 2. The van der Waals surface area contributed by atoms with Gasteiger partial charge < -0.3 is 4.90 Å². The van der Waals surface area contributed by atoms with Gasteiger partial charge in [0.25, 0.3) is 5.82 Å². The summed E-state index contributed by atoms with van der Waals surface area (Å²) in [6, 6.07) is 0.0305. The number of nitrogens with zero attached hydrogens (tertiary/aromatic N) is 14. The second kappa shape index (κ2) is 11.1. The second-order valence-corrected chi connectivity index (χ2v) is 14.9. The van der Waals surface area contributed by atoms with Crippen LogP contribution in [0.1, 0.15) is 59.7 Å². The van der Waals surface area contributed by atoms with Crippen molar-refractivity contribution in [2.75, 3.05) is 7.05 Å². The molecule has 0 fully saturated rings. The van der Waals surface area contributed by atoms with E-state index < -0.39 is 0 Å². The van der Waals surface area contributed by atoms with Gasteiger partial charge in [0.15, 0.2) is 84.9 Å². The molecule has 0 saturated carbocycles. The number of halogens is 2. The van der Waals surface area contributed by atoms with Gasteiger partial charge in [-0.15, -0.1) is 0 Å². The maximum absolute atomic E-state index is 5.26. The molecule has 18 heteroatoms. The third-order valence-electron chi connectivity index (χ3n) is 9.80. The molecule has 0 aliphatic carbocycles. The number of H-pyrrole nitrogens is 2. The van der Waals surface area contributed by atoms with Crippen LogP contribution in [0.2, 0.25) is 0 Å². The van der Waals surface area contributed by atoms with Crippen LogP contribution in [0.5, 0.6) is 0 Å². The van der Waals surface area contributed by atoms with Crippen molar-refractivity contribution in [3.63, 3.8) is 0 Å². The standard InChI is InChI=1S/C33H28I2N16/c1-10-11(2)37-19-18(36-10)26-43-28(19)47-32-24-25(49(9)17(8)16(7)42-24)33(51(32)35)48-29-21-20(38-12(3)13(4)39-21)27(44-29)46-31-23-22(30(45-26)50(31)34)40-14(5)15(6)41-23/h17H,1-9H3/p+2. The molecule has 3 aliphatic heterocycles. The van der Waals surface area contributed by atoms with Gasteiger partial charge in [0.2, 0.25) is 22.6 Å². The first-order chi connectivity index (χ1) is 24.3. The lowest BCUT2D eigenvalue weighted by molar-refractivity contribution is -0.450. The van der Waals surface area contributed by atoms with Crippen LogP contribution >= 0.6 is 45.7 Å². The normalized spacial score (nSPS) is 15.5. The number of rotatable bonds is 0. The summed E-state index contributed by atoms with van der Waals surface area (Å²) in [7, 11) is 2.05. The lowest BCUT2D eigenvalue weighted by Gasteiger charge is -2.29. The Bertz CT molecular complexity index is 2850. The minimum Gasteiger partial charge on any atom is -0.359 e. The molecule has 0 amide bonds. The van der Waals surface area contributed by atoms with Crippen molar-refractivity contribution in [1.29, 1.82) is 0 Å². The van der Waals surface area contributed by atoms with Crippen LogP contribution in [0.25, 0.3) is 79.1 Å². The van der Waals surface area contributed by atoms with Gasteiger partial charge in [-0.2, -0.15) is 5.56 Å². The summed E-state index contributed by atoms with van der Waals surface area (Å²) in [6.07, 6.45) is 0. The minimum atomic E-state index is 0.0305. The predicted octanol–water partition coefficient (Wildman–Crippen LogP) is 4.56. The summed E-state index contributed by atoms with van der Waals surface area (Å²) >= 11 is 4.44. The van der Waals surface area contributed by atoms with E-state index in [2.05, 4.69) is 67.5 Å². The summed E-state index contributed by atoms with van der Waals surface area (Å²) in [5, 5.41) is 0. The van der Waals surface area contributed by atoms with Gasteiger partial charge in [-0.3, -0.25) is 9.97 Å². The molecule has 51 heavy (non-hydrogen) atoms. The fraction of sp³-hybridized carbons (Fsp3) is 0.303. The highest BCUT2D eigenvalue weighted by molar-refractivity contribution is 14.1. The van der Waals surface area contributed by atoms with Crippen molar-refractivity contribution >= 4 is 107 Å². The van der Waals surface area contributed by atoms with E-state index >= 15 is 0 Å². The van der Waals surface area contributed by atoms with Crippen molar-refractivity contribution in [1.82, 2.24) is 64.7 Å². The summed E-state index contributed by atoms with van der Waals surface area (Å²) in [5.41, 5.74) is 12.7. The lowest BCUT2D eigenvalue weighted by Crippen LogP contribution is -2.37. The van der Waals surface area contributed by atoms with Gasteiger partial charge in [-0.1, -0.05) is 19.9 Å². The van der Waals surface area contributed by atoms with Gasteiger partial charge in [-0.05, 0) is 55.4 Å². The van der Waals surface area contributed by atoms with E-state index in [-0.39, 0.29) is 6.04 Å². The first-order valence-corrected chi connectivity index (χ1v) is 18.1. The zero-order valence-electron chi connectivity index (χ0n) is 29.1. The Morgan fingerprint density at radius 2 is 0.863 bits per heavy atom. The molecule has 0 saturated heterocycles. The molecule has 0 radical (unpaired) electrons. The molecule has 16 nitrogen and oxygen atoms in total. The Labute approximate surface area is 318 Å². The zero-order chi connectivity index (χ0) is 35.8. The summed E-state index contributed by atoms with van der Waals surface area (Å²) < 4.78 is 3.78. The Kier molecular flexibility index (Phi) is 7.03. The van der Waals surface area contributed by atoms with Gasteiger partial charge in [0.1, 0.15) is 5.70 Å². The Balaban J connectivity index is 1.55. The quantitative estimate of drug-likeness (QED) is 0.204. The van der Waals surface area contributed by atoms with Crippen LogP contribution in [0, 0.1) is 41.5 Å². The minimum absolute atomic E-state index is 0.0305. The molecular formula is C33H30I2N16+2. The molecule has 6 aromatic heterocycles. The smallest absolute Gasteiger partial charge is 0.302 e. The first-order valence-electron chi connectivity index (χ1n) is 16.2. The molecule has 1 unspecified atom stereocenters. The zero-order valence-corrected chi connectivity index (χ0v) is 33.4. The van der Waals surface area contributed by atoms with Crippen LogP contribution in [0.4, 0.5) is 0 Å². The van der Waals surface area contributed by atoms with Crippen molar-refractivity contribution < 1.29 is 5.56 Å². The van der Waals surface area contributed by atoms with Crippen molar-refractivity contribution in [3.8, 4) is 23.0 Å². The topological polar surface area (TPSA) is 184 Å². The number of hydrogen-bond donors (Lipinski definition) is 2. The number of aliphatic imine (C=N–C) groups is 1. The van der Waals surface area contributed by atoms with Crippen LogP contribution < -0.4 is 5.56 Å². The summed E-state index contributed by atoms with van der Waals surface area (Å²) in [4.78, 5) is 64.8. The number of fused-ring (bicyclic) bond motifs is 19. The lowest BCUT2D eigenvalue weighted by atomic mass is 10.1. The van der Waals surface area contributed by atoms with E-state index in [0.29, 0.717) is 85.0 Å². The number of nitrogens with one attached hydrogen (secondary N) is 2. The third-order valence-corrected chi connectivity index (χ3v) is 11.6. The van der Waals surface area contributed by atoms with Gasteiger partial charge in [0.05, 0.1) is 40.2 Å². The molecule has 6 aromatic rings. The highest BCUT2D eigenvalue weighted by Gasteiger charge is 2.41. The SMILES string of the molecule is CC1=NC2=C(c3nc4[nH]c(nc5[n+](I)c(nc6[nH]c(nc2[n+]3I)c2nc(C)c(C)nc62)-c2nc(C)c(C)nc2-5)c2nc(C)c(C)nc42)N(C)C1C. The number of aryl methyl sites for hydroxylation is 6. The molecule has 254 valence electrons. The second-order valence-electron chi connectivity index (χ2n) is 13.0. The van der Waals surface area contributed by atoms with E-state index in [9.17, 15) is 0 Å². The van der Waals surface area contributed by atoms with E-state index in [1.165, 1.54) is 0 Å². The molecule has 2 N–H and O–H groups in total. The van der Waals surface area contributed by atoms with Crippen LogP contribution in [0.15, 0.2) is 4.99 Å². The van der Waals surface area contributed by atoms with Crippen molar-refractivity contribution in [3.05, 3.63) is 45.8 Å². The van der Waals surface area contributed by atoms with E-state index in [4.69, 9.17) is 54.8 Å². The molecule has 0 aromatic carbocycles. The van der Waals surface area contributed by atoms with E-state index in [1.807, 2.05) is 61.1 Å². The molecular weight excluding hydrogens is 874 g/mol. The molecule has 0 spiro atoms. The summed E-state index contributed by atoms with van der Waals surface area (Å²) in [6.45, 7) is 15.8. The Hall–Kier alpha value is -4.73. The average molecular weight is 905 g/mol. The van der Waals surface area contributed by atoms with E-state index in [0.717, 1.165) is 45.6 Å². The van der Waals surface area contributed by atoms with Crippen LogP contribution in [-0.4, -0.2) is 83.5 Å². The monoisotopic (exact) mass is 904 g/mol. The van der Waals surface area contributed by atoms with E-state index in [1.54, 1.807) is 0 Å². The third kappa shape index (κ3) is 4.63. The molecule has 9 heterocycles. The van der Waals surface area contributed by atoms with Crippen molar-refractivity contribution in [2.45, 2.75) is 61.4 Å². The van der Waals surface area contributed by atoms with Gasteiger partial charge in [0, 0.05) is 12.8 Å². The Morgan fingerprint density at radius 3 is 1.29 bits per heavy atom. The molecule has 8 bridgehead atoms. The fourth-order valence-corrected chi connectivity index (χ4v) is 7.68. The molecule has 1 atom stereocenters. The number of hydrogen-bond acceptors (Lipinski definition) is 12. The first kappa shape index (κ1) is 32.2. The Morgan fingerprint density at radius 1 is 0.510 bits per heavy atom. The van der Waals surface area contributed by atoms with Crippen LogP contribution in [0.3, 0.4) is 0 Å². The maximum Gasteiger partial charge on any atom is 0.302 e. The van der Waals surface area contributed by atoms with Gasteiger partial charge >= 0.3 is 17.5 Å². The maximum atomic E-state index is 5.26. The molecule has 3 aliphatic rings. The van der Waals surface area contributed by atoms with Gasteiger partial charge in [-0.25, -0.2) is 34.9 Å². The highest BCUT2D eigenvalue weighted by Crippen LogP contribution is 2.37. The predicted molar refractivity (Wildman–Crippen MR) is 208 cm³/mol. The molecule has 9 rings (SSSR count). The highest BCUT2D eigenvalue weighted by atomic mass is 127. The average Bonchev–Trinajstić information content (AvgIpc) is 3.74.